The summed E-state index contributed by atoms with van der Waals surface area (Å²) in [5, 5.41) is 3.51. The average molecular weight is 515 g/mol. The molecule has 2 aliphatic rings. The molecule has 0 spiro atoms. The van der Waals surface area contributed by atoms with Crippen LogP contribution in [0, 0.1) is 5.41 Å². The lowest BCUT2D eigenvalue weighted by Crippen LogP contribution is -2.47. The van der Waals surface area contributed by atoms with Gasteiger partial charge < -0.3 is 19.7 Å². The second-order valence-electron chi connectivity index (χ2n) is 8.24. The van der Waals surface area contributed by atoms with Gasteiger partial charge in [0.25, 0.3) is 0 Å². The molecular formula is C23H38IN3O2. The van der Waals surface area contributed by atoms with Crippen LogP contribution in [0.15, 0.2) is 35.3 Å². The number of nitrogens with one attached hydrogen (secondary N) is 1. The van der Waals surface area contributed by atoms with Gasteiger partial charge >= 0.3 is 0 Å². The van der Waals surface area contributed by atoms with Crippen LogP contribution >= 0.6 is 24.0 Å². The van der Waals surface area contributed by atoms with Gasteiger partial charge in [0.15, 0.2) is 5.96 Å². The van der Waals surface area contributed by atoms with Crippen LogP contribution in [0.1, 0.15) is 44.6 Å². The third-order valence-corrected chi connectivity index (χ3v) is 5.87. The third kappa shape index (κ3) is 8.06. The molecule has 1 N–H and O–H groups in total. The smallest absolute Gasteiger partial charge is 0.193 e. The Morgan fingerprint density at radius 1 is 1.17 bits per heavy atom. The molecule has 1 saturated heterocycles. The Hall–Kier alpha value is -0.860. The molecule has 6 heteroatoms. The lowest BCUT2D eigenvalue weighted by atomic mass is 9.97. The zero-order valence-corrected chi connectivity index (χ0v) is 20.4. The number of ether oxygens (including phenoxy) is 2. The van der Waals surface area contributed by atoms with Crippen LogP contribution in [0.5, 0.6) is 0 Å². The van der Waals surface area contributed by atoms with Crippen LogP contribution in [0.4, 0.5) is 0 Å². The van der Waals surface area contributed by atoms with Crippen molar-refractivity contribution < 1.29 is 9.47 Å². The van der Waals surface area contributed by atoms with Crippen LogP contribution in [0.25, 0.3) is 0 Å². The van der Waals surface area contributed by atoms with Crippen molar-refractivity contribution in [3.8, 4) is 0 Å². The van der Waals surface area contributed by atoms with Gasteiger partial charge in [0.2, 0.25) is 0 Å². The Labute approximate surface area is 193 Å². The van der Waals surface area contributed by atoms with Gasteiger partial charge in [-0.2, -0.15) is 0 Å². The largest absolute Gasteiger partial charge is 0.385 e. The van der Waals surface area contributed by atoms with E-state index in [1.165, 1.54) is 18.4 Å². The molecule has 164 valence electrons. The predicted octanol–water partition coefficient (Wildman–Crippen LogP) is 4.11. The molecule has 0 radical (unpaired) electrons. The van der Waals surface area contributed by atoms with Crippen LogP contribution in [-0.2, 0) is 15.9 Å². The number of methoxy groups -OCH3 is 1. The van der Waals surface area contributed by atoms with Gasteiger partial charge in [0.1, 0.15) is 0 Å². The maximum Gasteiger partial charge on any atom is 0.193 e. The summed E-state index contributed by atoms with van der Waals surface area (Å²) in [6, 6.07) is 10.9. The molecule has 2 fully saturated rings. The molecule has 1 aliphatic heterocycles. The number of piperidine rings is 1. The van der Waals surface area contributed by atoms with Crippen molar-refractivity contribution in [2.24, 2.45) is 10.4 Å². The number of nitrogens with zero attached hydrogens (tertiary/aromatic N) is 2. The van der Waals surface area contributed by atoms with E-state index in [2.05, 4.69) is 47.5 Å². The molecule has 1 aromatic rings. The SMILES string of the molecule is CCNC(=NCC1(Cc2ccccc2)CC1)N1CCC(OCCCOC)CC1.I. The Morgan fingerprint density at radius 3 is 2.52 bits per heavy atom. The van der Waals surface area contributed by atoms with E-state index in [0.717, 1.165) is 71.0 Å². The highest BCUT2D eigenvalue weighted by molar-refractivity contribution is 14.0. The highest BCUT2D eigenvalue weighted by Crippen LogP contribution is 2.48. The van der Waals surface area contributed by atoms with Crippen molar-refractivity contribution in [1.29, 1.82) is 0 Å². The summed E-state index contributed by atoms with van der Waals surface area (Å²) in [5.41, 5.74) is 1.82. The van der Waals surface area contributed by atoms with Gasteiger partial charge in [-0.3, -0.25) is 4.99 Å². The minimum Gasteiger partial charge on any atom is -0.385 e. The summed E-state index contributed by atoms with van der Waals surface area (Å²) < 4.78 is 11.1. The first-order valence-electron chi connectivity index (χ1n) is 10.9. The maximum absolute atomic E-state index is 6.00. The molecule has 0 bridgehead atoms. The fourth-order valence-electron chi connectivity index (χ4n) is 3.95. The predicted molar refractivity (Wildman–Crippen MR) is 130 cm³/mol. The first kappa shape index (κ1) is 24.4. The molecule has 0 unspecified atom stereocenters. The average Bonchev–Trinajstić information content (AvgIpc) is 3.49. The quantitative estimate of drug-likeness (QED) is 0.221. The number of rotatable bonds is 10. The van der Waals surface area contributed by atoms with E-state index in [4.69, 9.17) is 14.5 Å². The molecule has 0 aromatic heterocycles. The molecular weight excluding hydrogens is 477 g/mol. The summed E-state index contributed by atoms with van der Waals surface area (Å²) in [6.07, 6.45) is 7.24. The van der Waals surface area contributed by atoms with E-state index in [1.807, 2.05) is 0 Å². The number of hydrogen-bond donors (Lipinski definition) is 1. The number of guanidine groups is 1. The van der Waals surface area contributed by atoms with Gasteiger partial charge in [-0.15, -0.1) is 24.0 Å². The third-order valence-electron chi connectivity index (χ3n) is 5.87. The standard InChI is InChI=1S/C23H37N3O2.HI/c1-3-24-22(26-14-10-21(11-15-26)28-17-7-16-27-2)25-19-23(12-13-23)18-20-8-5-4-6-9-20;/h4-6,8-9,21H,3,7,10-19H2,1-2H3,(H,24,25);1H. The van der Waals surface area contributed by atoms with Crippen LogP contribution < -0.4 is 5.32 Å². The second-order valence-corrected chi connectivity index (χ2v) is 8.24. The van der Waals surface area contributed by atoms with Gasteiger partial charge in [0, 0.05) is 46.5 Å². The van der Waals surface area contributed by atoms with E-state index in [1.54, 1.807) is 7.11 Å². The minimum absolute atomic E-state index is 0. The molecule has 3 rings (SSSR count). The van der Waals surface area contributed by atoms with E-state index in [-0.39, 0.29) is 24.0 Å². The number of benzene rings is 1. The zero-order chi connectivity index (χ0) is 19.7. The monoisotopic (exact) mass is 515 g/mol. The normalized spacial score (nSPS) is 19.0. The van der Waals surface area contributed by atoms with E-state index in [9.17, 15) is 0 Å². The van der Waals surface area contributed by atoms with Crippen molar-refractivity contribution in [1.82, 2.24) is 10.2 Å². The first-order chi connectivity index (χ1) is 13.7. The van der Waals surface area contributed by atoms with Crippen molar-refractivity contribution in [3.63, 3.8) is 0 Å². The Kier molecular flexibility index (Phi) is 10.7. The Bertz CT molecular complexity index is 599. The highest BCUT2D eigenvalue weighted by atomic mass is 127. The summed E-state index contributed by atoms with van der Waals surface area (Å²) in [7, 11) is 1.74. The number of aliphatic imine (C=N–C) groups is 1. The molecule has 1 aliphatic carbocycles. The van der Waals surface area contributed by atoms with Crippen LogP contribution in [0.2, 0.25) is 0 Å². The zero-order valence-electron chi connectivity index (χ0n) is 18.1. The van der Waals surface area contributed by atoms with Gasteiger partial charge in [-0.25, -0.2) is 0 Å². The summed E-state index contributed by atoms with van der Waals surface area (Å²) >= 11 is 0. The second kappa shape index (κ2) is 12.7. The summed E-state index contributed by atoms with van der Waals surface area (Å²) in [4.78, 5) is 7.47. The molecule has 5 nitrogen and oxygen atoms in total. The van der Waals surface area contributed by atoms with Gasteiger partial charge in [0.05, 0.1) is 6.10 Å². The molecule has 0 atom stereocenters. The topological polar surface area (TPSA) is 46.1 Å². The van der Waals surface area contributed by atoms with Crippen LogP contribution in [-0.4, -0.2) is 63.5 Å². The summed E-state index contributed by atoms with van der Waals surface area (Å²) in [6.45, 7) is 7.61. The minimum atomic E-state index is 0. The molecule has 1 heterocycles. The number of halogens is 1. The van der Waals surface area contributed by atoms with Crippen molar-refractivity contribution in [2.45, 2.75) is 51.6 Å². The number of hydrogen-bond acceptors (Lipinski definition) is 3. The summed E-state index contributed by atoms with van der Waals surface area (Å²) in [5.74, 6) is 1.08. The Balaban J connectivity index is 0.00000300. The molecule has 29 heavy (non-hydrogen) atoms. The highest BCUT2D eigenvalue weighted by Gasteiger charge is 2.42. The molecule has 1 aromatic carbocycles. The van der Waals surface area contributed by atoms with Crippen molar-refractivity contribution in [3.05, 3.63) is 35.9 Å². The molecule has 0 amide bonds. The van der Waals surface area contributed by atoms with Crippen LogP contribution in [0.3, 0.4) is 0 Å². The van der Waals surface area contributed by atoms with E-state index < -0.39 is 0 Å². The van der Waals surface area contributed by atoms with Gasteiger partial charge in [-0.05, 0) is 56.4 Å². The lowest BCUT2D eigenvalue weighted by Gasteiger charge is -2.34. The van der Waals surface area contributed by atoms with E-state index in [0.29, 0.717) is 11.5 Å². The van der Waals surface area contributed by atoms with Crippen molar-refractivity contribution in [2.75, 3.05) is 46.5 Å². The fourth-order valence-corrected chi connectivity index (χ4v) is 3.95. The molecule has 1 saturated carbocycles. The van der Waals surface area contributed by atoms with Crippen molar-refractivity contribution >= 4 is 29.9 Å². The number of likely N-dealkylation sites (tertiary alicyclic amines) is 1. The maximum atomic E-state index is 6.00. The van der Waals surface area contributed by atoms with Gasteiger partial charge in [-0.1, -0.05) is 30.3 Å². The first-order valence-corrected chi connectivity index (χ1v) is 10.9. The van der Waals surface area contributed by atoms with E-state index >= 15 is 0 Å². The Morgan fingerprint density at radius 2 is 1.90 bits per heavy atom. The fraction of sp³-hybridized carbons (Fsp3) is 0.696. The lowest BCUT2D eigenvalue weighted by molar-refractivity contribution is 0.00989.